The van der Waals surface area contributed by atoms with Crippen LogP contribution < -0.4 is 9.62 Å². The van der Waals surface area contributed by atoms with Crippen LogP contribution in [0.3, 0.4) is 0 Å². The summed E-state index contributed by atoms with van der Waals surface area (Å²) in [6.07, 6.45) is 3.35. The lowest BCUT2D eigenvalue weighted by Crippen LogP contribution is -2.23. The Hall–Kier alpha value is -3.19. The van der Waals surface area contributed by atoms with E-state index in [-0.39, 0.29) is 5.91 Å². The zero-order valence-electron chi connectivity index (χ0n) is 15.6. The molecule has 2 aromatic carbocycles. The second kappa shape index (κ2) is 8.67. The number of aryl methyl sites for hydroxylation is 2. The van der Waals surface area contributed by atoms with Gasteiger partial charge in [-0.25, -0.2) is 12.7 Å². The molecule has 0 spiro atoms. The lowest BCUT2D eigenvalue weighted by molar-refractivity contribution is 0.0951. The van der Waals surface area contributed by atoms with Gasteiger partial charge in [-0.2, -0.15) is 0 Å². The Morgan fingerprint density at radius 3 is 2.46 bits per heavy atom. The van der Waals surface area contributed by atoms with Gasteiger partial charge in [0.1, 0.15) is 0 Å². The van der Waals surface area contributed by atoms with Gasteiger partial charge in [-0.15, -0.1) is 0 Å². The molecule has 0 bridgehead atoms. The van der Waals surface area contributed by atoms with E-state index in [0.717, 1.165) is 16.7 Å². The van der Waals surface area contributed by atoms with Crippen LogP contribution in [0.5, 0.6) is 0 Å². The molecule has 0 atom stereocenters. The first-order chi connectivity index (χ1) is 13.5. The standard InChI is InChI=1S/C21H21N3O3S/c1-15-5-9-19(10-6-15)24(28(26)27)20-12-18(8-7-16(20)2)21(25)23-14-17-4-3-11-22-13-17/h3-13,28H,14H2,1-2H3,(H,23,25). The van der Waals surface area contributed by atoms with Crippen molar-refractivity contribution in [1.82, 2.24) is 10.3 Å². The van der Waals surface area contributed by atoms with Crippen LogP contribution in [-0.2, 0) is 17.4 Å². The third kappa shape index (κ3) is 4.55. The molecule has 0 radical (unpaired) electrons. The van der Waals surface area contributed by atoms with Gasteiger partial charge in [-0.1, -0.05) is 29.8 Å². The number of thiol groups is 1. The van der Waals surface area contributed by atoms with E-state index in [2.05, 4.69) is 10.3 Å². The van der Waals surface area contributed by atoms with Gasteiger partial charge in [0.25, 0.3) is 5.91 Å². The summed E-state index contributed by atoms with van der Waals surface area (Å²) in [5.41, 5.74) is 4.03. The molecule has 0 fully saturated rings. The third-order valence-electron chi connectivity index (χ3n) is 4.32. The van der Waals surface area contributed by atoms with Crippen molar-refractivity contribution in [3.05, 3.63) is 89.2 Å². The molecule has 6 nitrogen and oxygen atoms in total. The monoisotopic (exact) mass is 395 g/mol. The largest absolute Gasteiger partial charge is 0.348 e. The molecule has 1 heterocycles. The van der Waals surface area contributed by atoms with Crippen molar-refractivity contribution in [1.29, 1.82) is 0 Å². The van der Waals surface area contributed by atoms with Gasteiger partial charge in [-0.05, 0) is 55.3 Å². The number of anilines is 2. The van der Waals surface area contributed by atoms with Crippen LogP contribution in [0.2, 0.25) is 0 Å². The van der Waals surface area contributed by atoms with Gasteiger partial charge in [0, 0.05) is 24.5 Å². The number of carbonyl (C=O) groups is 1. The summed E-state index contributed by atoms with van der Waals surface area (Å²) in [6.45, 7) is 4.09. The molecule has 1 N–H and O–H groups in total. The first-order valence-electron chi connectivity index (χ1n) is 8.74. The van der Waals surface area contributed by atoms with Gasteiger partial charge < -0.3 is 5.32 Å². The van der Waals surface area contributed by atoms with Crippen molar-refractivity contribution in [3.63, 3.8) is 0 Å². The third-order valence-corrected chi connectivity index (χ3v) is 5.09. The predicted octanol–water partition coefficient (Wildman–Crippen LogP) is 3.29. The molecule has 0 unspecified atom stereocenters. The fourth-order valence-electron chi connectivity index (χ4n) is 2.77. The van der Waals surface area contributed by atoms with Gasteiger partial charge in [-0.3, -0.25) is 9.78 Å². The average Bonchev–Trinajstić information content (AvgIpc) is 2.70. The maximum atomic E-state index is 12.6. The zero-order chi connectivity index (χ0) is 20.1. The minimum Gasteiger partial charge on any atom is -0.348 e. The predicted molar refractivity (Wildman–Crippen MR) is 110 cm³/mol. The Labute approximate surface area is 165 Å². The van der Waals surface area contributed by atoms with Crippen molar-refractivity contribution in [2.75, 3.05) is 4.31 Å². The quantitative estimate of drug-likeness (QED) is 0.628. The molecule has 7 heteroatoms. The number of rotatable bonds is 6. The second-order valence-corrected chi connectivity index (χ2v) is 7.31. The average molecular weight is 395 g/mol. The molecule has 0 aliphatic heterocycles. The number of hydrogen-bond acceptors (Lipinski definition) is 4. The molecule has 3 rings (SSSR count). The van der Waals surface area contributed by atoms with Gasteiger partial charge >= 0.3 is 0 Å². The molecule has 0 aliphatic rings. The highest BCUT2D eigenvalue weighted by atomic mass is 32.2. The Morgan fingerprint density at radius 1 is 1.07 bits per heavy atom. The van der Waals surface area contributed by atoms with Gasteiger partial charge in [0.05, 0.1) is 11.4 Å². The Bertz CT molecular complexity index is 1040. The minimum atomic E-state index is -2.92. The molecule has 0 aliphatic carbocycles. The smallest absolute Gasteiger partial charge is 0.251 e. The number of amides is 1. The van der Waals surface area contributed by atoms with Crippen molar-refractivity contribution in [2.45, 2.75) is 20.4 Å². The summed E-state index contributed by atoms with van der Waals surface area (Å²) in [6, 6.07) is 15.9. The minimum absolute atomic E-state index is 0.282. The van der Waals surface area contributed by atoms with Crippen LogP contribution in [0.15, 0.2) is 67.0 Å². The number of nitrogens with one attached hydrogen (secondary N) is 1. The number of benzene rings is 2. The zero-order valence-corrected chi connectivity index (χ0v) is 16.5. The van der Waals surface area contributed by atoms with E-state index in [9.17, 15) is 13.2 Å². The number of pyridine rings is 1. The summed E-state index contributed by atoms with van der Waals surface area (Å²) in [4.78, 5) is 16.6. The summed E-state index contributed by atoms with van der Waals surface area (Å²) in [5.74, 6) is -0.282. The summed E-state index contributed by atoms with van der Waals surface area (Å²) < 4.78 is 25.2. The van der Waals surface area contributed by atoms with E-state index in [4.69, 9.17) is 0 Å². The molecule has 3 aromatic rings. The lowest BCUT2D eigenvalue weighted by atomic mass is 10.1. The summed E-state index contributed by atoms with van der Waals surface area (Å²) >= 11 is 0. The molecule has 28 heavy (non-hydrogen) atoms. The summed E-state index contributed by atoms with van der Waals surface area (Å²) in [7, 11) is -2.92. The maximum Gasteiger partial charge on any atom is 0.251 e. The van der Waals surface area contributed by atoms with E-state index in [1.807, 2.05) is 32.0 Å². The molecular weight excluding hydrogens is 374 g/mol. The highest BCUT2D eigenvalue weighted by molar-refractivity contribution is 7.74. The fourth-order valence-corrected chi connectivity index (χ4v) is 3.49. The van der Waals surface area contributed by atoms with E-state index in [0.29, 0.717) is 23.5 Å². The van der Waals surface area contributed by atoms with Crippen LogP contribution in [0.1, 0.15) is 27.0 Å². The highest BCUT2D eigenvalue weighted by Gasteiger charge is 2.17. The Balaban J connectivity index is 1.89. The van der Waals surface area contributed by atoms with Crippen LogP contribution >= 0.6 is 0 Å². The molecule has 144 valence electrons. The van der Waals surface area contributed by atoms with Crippen LogP contribution in [0.25, 0.3) is 0 Å². The fraction of sp³-hybridized carbons (Fsp3) is 0.143. The molecular formula is C21H21N3O3S. The van der Waals surface area contributed by atoms with Crippen molar-refractivity contribution < 1.29 is 13.2 Å². The molecule has 0 saturated heterocycles. The molecule has 1 aromatic heterocycles. The van der Waals surface area contributed by atoms with Crippen molar-refractivity contribution in [3.8, 4) is 0 Å². The Morgan fingerprint density at radius 2 is 1.82 bits per heavy atom. The van der Waals surface area contributed by atoms with Crippen LogP contribution in [0, 0.1) is 13.8 Å². The van der Waals surface area contributed by atoms with Crippen molar-refractivity contribution >= 4 is 28.2 Å². The highest BCUT2D eigenvalue weighted by Crippen LogP contribution is 2.30. The summed E-state index contributed by atoms with van der Waals surface area (Å²) in [5, 5.41) is 2.83. The maximum absolute atomic E-state index is 12.6. The van der Waals surface area contributed by atoms with Crippen LogP contribution in [0.4, 0.5) is 11.4 Å². The van der Waals surface area contributed by atoms with Crippen molar-refractivity contribution in [2.24, 2.45) is 0 Å². The Kier molecular flexibility index (Phi) is 6.06. The topological polar surface area (TPSA) is 79.4 Å². The normalized spacial score (nSPS) is 10.7. The molecule has 1 amide bonds. The number of hydrogen-bond donors (Lipinski definition) is 2. The van der Waals surface area contributed by atoms with Gasteiger partial charge in [0.2, 0.25) is 10.9 Å². The number of nitrogens with zero attached hydrogens (tertiary/aromatic N) is 2. The number of aromatic nitrogens is 1. The van der Waals surface area contributed by atoms with E-state index in [1.165, 1.54) is 4.31 Å². The molecule has 0 saturated carbocycles. The van der Waals surface area contributed by atoms with E-state index in [1.54, 1.807) is 48.8 Å². The van der Waals surface area contributed by atoms with Crippen LogP contribution in [-0.4, -0.2) is 19.3 Å². The lowest BCUT2D eigenvalue weighted by Gasteiger charge is -2.21. The first kappa shape index (κ1) is 19.6. The number of carbonyl (C=O) groups excluding carboxylic acids is 1. The van der Waals surface area contributed by atoms with E-state index >= 15 is 0 Å². The first-order valence-corrected chi connectivity index (χ1v) is 9.87. The van der Waals surface area contributed by atoms with E-state index < -0.39 is 10.9 Å². The SMILES string of the molecule is Cc1ccc(N(c2cc(C(=O)NCc3cccnc3)ccc2C)[SH](=O)=O)cc1. The van der Waals surface area contributed by atoms with Gasteiger partial charge in [0.15, 0.2) is 0 Å². The second-order valence-electron chi connectivity index (χ2n) is 6.43.